The molecule has 10 rings (SSSR count). The minimum Gasteiger partial charge on any atom is -0.344 e. The van der Waals surface area contributed by atoms with E-state index in [4.69, 9.17) is 0 Å². The number of anilines is 1. The molecule has 8 aromatic rings. The van der Waals surface area contributed by atoms with E-state index >= 15 is 0 Å². The van der Waals surface area contributed by atoms with Gasteiger partial charge >= 0.3 is 0 Å². The monoisotopic (exact) mass is 572 g/mol. The number of hydrogen-bond acceptors (Lipinski definition) is 1. The van der Waals surface area contributed by atoms with Gasteiger partial charge in [-0.05, 0) is 68.6 Å². The normalized spacial score (nSPS) is 12.9. The van der Waals surface area contributed by atoms with Gasteiger partial charge in [-0.1, -0.05) is 121 Å². The van der Waals surface area contributed by atoms with Gasteiger partial charge in [0.15, 0.2) is 0 Å². The fourth-order valence-electron chi connectivity index (χ4n) is 7.99. The molecule has 2 aliphatic carbocycles. The number of aromatic nitrogens is 1. The second kappa shape index (κ2) is 9.07. The first-order valence-corrected chi connectivity index (χ1v) is 15.6. The molecule has 0 N–H and O–H groups in total. The second-order valence-corrected chi connectivity index (χ2v) is 12.2. The highest BCUT2D eigenvalue weighted by Crippen LogP contribution is 2.53. The zero-order chi connectivity index (χ0) is 29.6. The summed E-state index contributed by atoms with van der Waals surface area (Å²) < 4.78 is 2.46. The van der Waals surface area contributed by atoms with E-state index in [9.17, 15) is 0 Å². The maximum atomic E-state index is 2.46. The van der Waals surface area contributed by atoms with E-state index < -0.39 is 0 Å². The predicted octanol–water partition coefficient (Wildman–Crippen LogP) is 11.0. The van der Waals surface area contributed by atoms with Gasteiger partial charge in [-0.3, -0.25) is 0 Å². The van der Waals surface area contributed by atoms with Gasteiger partial charge in [0.1, 0.15) is 0 Å². The van der Waals surface area contributed by atoms with Crippen LogP contribution in [0.3, 0.4) is 0 Å². The summed E-state index contributed by atoms with van der Waals surface area (Å²) in [6, 6.07) is 55.5. The third kappa shape index (κ3) is 3.29. The summed E-state index contributed by atoms with van der Waals surface area (Å²) in [5, 5.41) is 6.56. The molecule has 0 saturated carbocycles. The van der Waals surface area contributed by atoms with Crippen LogP contribution >= 0.6 is 0 Å². The van der Waals surface area contributed by atoms with Crippen LogP contribution in [0.15, 0.2) is 152 Å². The van der Waals surface area contributed by atoms with E-state index in [1.54, 1.807) is 0 Å². The summed E-state index contributed by atoms with van der Waals surface area (Å²) >= 11 is 0. The number of fused-ring (bicyclic) bond motifs is 5. The lowest BCUT2D eigenvalue weighted by Gasteiger charge is -2.24. The molecule has 0 aliphatic heterocycles. The fourth-order valence-corrected chi connectivity index (χ4v) is 7.99. The van der Waals surface area contributed by atoms with Crippen molar-refractivity contribution in [2.24, 2.45) is 0 Å². The molecule has 2 nitrogen and oxygen atoms in total. The Balaban J connectivity index is 1.15. The van der Waals surface area contributed by atoms with Crippen LogP contribution < -0.4 is 4.90 Å². The fraction of sp³-hybridized carbons (Fsp3) is 0.0233. The number of rotatable bonds is 4. The van der Waals surface area contributed by atoms with Crippen molar-refractivity contribution in [1.29, 1.82) is 0 Å². The van der Waals surface area contributed by atoms with Gasteiger partial charge in [-0.15, -0.1) is 0 Å². The standard InChI is InChI=1S/C43H28N2/c1-44(42-35-20-9-15-27-13-7-18-33(38(27)35)40(42)29-11-3-2-4-12-29)30-23-25-31(26-24-30)45-37-22-6-5-17-32(37)41-34-19-8-14-28-16-10-21-36(39(28)34)43(41)45/h2-26H,1H3. The van der Waals surface area contributed by atoms with E-state index in [0.717, 1.165) is 5.69 Å². The zero-order valence-electron chi connectivity index (χ0n) is 24.8. The van der Waals surface area contributed by atoms with Crippen molar-refractivity contribution >= 4 is 49.4 Å². The van der Waals surface area contributed by atoms with E-state index in [2.05, 4.69) is 168 Å². The second-order valence-electron chi connectivity index (χ2n) is 12.2. The van der Waals surface area contributed by atoms with Crippen LogP contribution in [0.4, 0.5) is 5.69 Å². The third-order valence-corrected chi connectivity index (χ3v) is 9.86. The third-order valence-electron chi connectivity index (χ3n) is 9.86. The van der Waals surface area contributed by atoms with Crippen molar-refractivity contribution < 1.29 is 0 Å². The molecule has 0 fully saturated rings. The Morgan fingerprint density at radius 1 is 0.489 bits per heavy atom. The molecule has 0 unspecified atom stereocenters. The lowest BCUT2D eigenvalue weighted by molar-refractivity contribution is 1.13. The van der Waals surface area contributed by atoms with Crippen molar-refractivity contribution in [3.8, 4) is 28.1 Å². The first kappa shape index (κ1) is 24.6. The Kier molecular flexibility index (Phi) is 4.95. The van der Waals surface area contributed by atoms with Gasteiger partial charge in [0.25, 0.3) is 0 Å². The Hall–Kier alpha value is -5.86. The molecule has 210 valence electrons. The average Bonchev–Trinajstić information content (AvgIpc) is 3.74. The van der Waals surface area contributed by atoms with Crippen LogP contribution in [0.1, 0.15) is 16.7 Å². The van der Waals surface area contributed by atoms with Gasteiger partial charge in [0.2, 0.25) is 0 Å². The molecule has 1 heterocycles. The number of hydrogen-bond donors (Lipinski definition) is 0. The molecular weight excluding hydrogens is 544 g/mol. The minimum atomic E-state index is 1.16. The van der Waals surface area contributed by atoms with Crippen molar-refractivity contribution in [2.75, 3.05) is 11.9 Å². The molecule has 0 amide bonds. The summed E-state index contributed by atoms with van der Waals surface area (Å²) in [4.78, 5) is 2.37. The largest absolute Gasteiger partial charge is 0.344 e. The van der Waals surface area contributed by atoms with Gasteiger partial charge in [0.05, 0.1) is 16.9 Å². The Morgan fingerprint density at radius 2 is 1.09 bits per heavy atom. The van der Waals surface area contributed by atoms with Gasteiger partial charge in [-0.2, -0.15) is 0 Å². The number of nitrogens with zero attached hydrogens (tertiary/aromatic N) is 2. The summed E-state index contributed by atoms with van der Waals surface area (Å²) in [5.74, 6) is 0. The molecular formula is C43H28N2. The smallest absolute Gasteiger partial charge is 0.0626 e. The minimum absolute atomic E-state index is 1.16. The highest BCUT2D eigenvalue weighted by molar-refractivity contribution is 6.22. The maximum Gasteiger partial charge on any atom is 0.0626 e. The SMILES string of the molecule is CN(C1=C(c2ccccc2)c2cccc3cccc1c23)c1ccc(-n2c3c(c4ccccc42)-c2cccc4cccc-3c24)cc1. The Bertz CT molecular complexity index is 2520. The molecule has 0 radical (unpaired) electrons. The Labute approximate surface area is 261 Å². The molecule has 2 heteroatoms. The van der Waals surface area contributed by atoms with Crippen LogP contribution in [0.25, 0.3) is 71.8 Å². The van der Waals surface area contributed by atoms with E-state index in [1.807, 2.05) is 0 Å². The first-order chi connectivity index (χ1) is 22.3. The van der Waals surface area contributed by atoms with Crippen LogP contribution in [0.5, 0.6) is 0 Å². The maximum absolute atomic E-state index is 2.46. The number of para-hydroxylation sites is 1. The average molecular weight is 573 g/mol. The molecule has 0 spiro atoms. The summed E-state index contributed by atoms with van der Waals surface area (Å²) in [6.07, 6.45) is 0. The molecule has 2 aliphatic rings. The van der Waals surface area contributed by atoms with Crippen molar-refractivity contribution in [2.45, 2.75) is 0 Å². The molecule has 0 bridgehead atoms. The molecule has 45 heavy (non-hydrogen) atoms. The number of benzene rings is 7. The lowest BCUT2D eigenvalue weighted by atomic mass is 9.97. The van der Waals surface area contributed by atoms with Crippen LogP contribution in [0.2, 0.25) is 0 Å². The highest BCUT2D eigenvalue weighted by atomic mass is 15.1. The topological polar surface area (TPSA) is 8.17 Å². The van der Waals surface area contributed by atoms with E-state index in [0.29, 0.717) is 0 Å². The van der Waals surface area contributed by atoms with Crippen LogP contribution in [-0.4, -0.2) is 11.6 Å². The molecule has 0 saturated heterocycles. The van der Waals surface area contributed by atoms with Gasteiger partial charge < -0.3 is 9.47 Å². The summed E-state index contributed by atoms with van der Waals surface area (Å²) in [6.45, 7) is 0. The predicted molar refractivity (Wildman–Crippen MR) is 190 cm³/mol. The van der Waals surface area contributed by atoms with Crippen molar-refractivity contribution in [3.63, 3.8) is 0 Å². The highest BCUT2D eigenvalue weighted by Gasteiger charge is 2.30. The quantitative estimate of drug-likeness (QED) is 0.204. The molecule has 1 aromatic heterocycles. The van der Waals surface area contributed by atoms with E-state index in [-0.39, 0.29) is 0 Å². The summed E-state index contributed by atoms with van der Waals surface area (Å²) in [5.41, 5.74) is 15.2. The van der Waals surface area contributed by atoms with Crippen molar-refractivity contribution in [3.05, 3.63) is 168 Å². The lowest BCUT2D eigenvalue weighted by Crippen LogP contribution is -2.16. The molecule has 7 aromatic carbocycles. The zero-order valence-corrected chi connectivity index (χ0v) is 24.8. The van der Waals surface area contributed by atoms with Crippen LogP contribution in [0, 0.1) is 0 Å². The summed E-state index contributed by atoms with van der Waals surface area (Å²) in [7, 11) is 2.21. The van der Waals surface area contributed by atoms with Gasteiger partial charge in [0, 0.05) is 46.1 Å². The molecule has 0 atom stereocenters. The van der Waals surface area contributed by atoms with Gasteiger partial charge in [-0.25, -0.2) is 0 Å². The van der Waals surface area contributed by atoms with Crippen molar-refractivity contribution in [1.82, 2.24) is 4.57 Å². The Morgan fingerprint density at radius 3 is 1.82 bits per heavy atom. The van der Waals surface area contributed by atoms with Crippen LogP contribution in [-0.2, 0) is 0 Å². The first-order valence-electron chi connectivity index (χ1n) is 15.6. The van der Waals surface area contributed by atoms with E-state index in [1.165, 1.54) is 88.5 Å².